The van der Waals surface area contributed by atoms with Gasteiger partial charge in [0.15, 0.2) is 17.3 Å². The highest BCUT2D eigenvalue weighted by atomic mass is 35.5. The summed E-state index contributed by atoms with van der Waals surface area (Å²) in [6, 6.07) is 11.5. The molecular formula is C35H43ClN6O4. The van der Waals surface area contributed by atoms with Gasteiger partial charge < -0.3 is 25.0 Å². The lowest BCUT2D eigenvalue weighted by Gasteiger charge is -2.37. The molecule has 0 bridgehead atoms. The van der Waals surface area contributed by atoms with E-state index in [4.69, 9.17) is 31.0 Å². The number of halogens is 1. The lowest BCUT2D eigenvalue weighted by atomic mass is 9.85. The van der Waals surface area contributed by atoms with Crippen molar-refractivity contribution in [1.29, 1.82) is 0 Å². The smallest absolute Gasteiger partial charge is 0.233 e. The van der Waals surface area contributed by atoms with E-state index in [1.807, 2.05) is 43.4 Å². The van der Waals surface area contributed by atoms with Crippen molar-refractivity contribution in [1.82, 2.24) is 20.6 Å². The van der Waals surface area contributed by atoms with Gasteiger partial charge in [-0.05, 0) is 91.8 Å². The van der Waals surface area contributed by atoms with Crippen LogP contribution in [-0.2, 0) is 16.0 Å². The standard InChI is InChI=1S/C35H43ClN6O4/c1-37-33(43)20-38-26-13-7-22(8-14-26)21-41(2)31-18-40-32(19-39-31)42-34(44)16-24-15-29(45-3)30(46-27-5-4-6-27)17-28(24)35(42)23-9-11-25(36)12-10-23/h9-12,15,17-19,22,26-27,35,38H,4-8,13-14,16,20-21H2,1-3H3,(H,37,43)/t22-,26-,35-/m0/s1. The van der Waals surface area contributed by atoms with Gasteiger partial charge in [0.2, 0.25) is 11.8 Å². The van der Waals surface area contributed by atoms with Crippen LogP contribution in [0.1, 0.15) is 67.7 Å². The van der Waals surface area contributed by atoms with Crippen molar-refractivity contribution in [2.75, 3.05) is 44.1 Å². The zero-order chi connectivity index (χ0) is 32.2. The van der Waals surface area contributed by atoms with E-state index in [2.05, 4.69) is 15.5 Å². The molecule has 2 aromatic carbocycles. The number of amides is 2. The van der Waals surface area contributed by atoms with Gasteiger partial charge >= 0.3 is 0 Å². The van der Waals surface area contributed by atoms with Gasteiger partial charge in [-0.25, -0.2) is 9.97 Å². The highest BCUT2D eigenvalue weighted by Gasteiger charge is 2.37. The highest BCUT2D eigenvalue weighted by Crippen LogP contribution is 2.44. The molecule has 10 nitrogen and oxygen atoms in total. The summed E-state index contributed by atoms with van der Waals surface area (Å²) in [6.07, 6.45) is 11.3. The first-order valence-electron chi connectivity index (χ1n) is 16.2. The first-order chi connectivity index (χ1) is 22.3. The number of aromatic nitrogens is 2. The summed E-state index contributed by atoms with van der Waals surface area (Å²) in [5, 5.41) is 6.65. The third-order valence-electron chi connectivity index (χ3n) is 9.59. The maximum absolute atomic E-state index is 13.9. The van der Waals surface area contributed by atoms with Crippen LogP contribution in [0.25, 0.3) is 0 Å². The van der Waals surface area contributed by atoms with Gasteiger partial charge in [0.05, 0.1) is 44.6 Å². The van der Waals surface area contributed by atoms with E-state index in [9.17, 15) is 9.59 Å². The van der Waals surface area contributed by atoms with Gasteiger partial charge in [-0.3, -0.25) is 14.5 Å². The molecule has 1 aliphatic heterocycles. The molecular weight excluding hydrogens is 604 g/mol. The van der Waals surface area contributed by atoms with Crippen LogP contribution < -0.4 is 29.9 Å². The number of hydrogen-bond donors (Lipinski definition) is 2. The van der Waals surface area contributed by atoms with Gasteiger partial charge in [-0.15, -0.1) is 0 Å². The zero-order valence-electron chi connectivity index (χ0n) is 26.8. The van der Waals surface area contributed by atoms with Crippen LogP contribution in [0, 0.1) is 5.92 Å². The quantitative estimate of drug-likeness (QED) is 0.297. The minimum Gasteiger partial charge on any atom is -0.493 e. The minimum atomic E-state index is -0.437. The Bertz CT molecular complexity index is 1520. The van der Waals surface area contributed by atoms with Crippen molar-refractivity contribution in [2.24, 2.45) is 5.92 Å². The number of ether oxygens (including phenoxy) is 2. The number of benzene rings is 2. The maximum atomic E-state index is 13.9. The zero-order valence-corrected chi connectivity index (χ0v) is 27.6. The molecule has 2 amide bonds. The summed E-state index contributed by atoms with van der Waals surface area (Å²) in [5.74, 6) is 3.07. The molecule has 2 saturated carbocycles. The SMILES string of the molecule is CNC(=O)CN[C@H]1CC[C@H](CN(C)c2cnc(N3C(=O)Cc4cc(OC)c(OC5CCC5)cc4[C@@H]3c3ccc(Cl)cc3)cn2)CC1. The Morgan fingerprint density at radius 1 is 1.04 bits per heavy atom. The molecule has 2 N–H and O–H groups in total. The lowest BCUT2D eigenvalue weighted by Crippen LogP contribution is -2.42. The topological polar surface area (TPSA) is 109 Å². The molecule has 244 valence electrons. The Morgan fingerprint density at radius 3 is 2.43 bits per heavy atom. The largest absolute Gasteiger partial charge is 0.493 e. The monoisotopic (exact) mass is 646 g/mol. The number of hydrogen-bond acceptors (Lipinski definition) is 8. The number of likely N-dealkylation sites (N-methyl/N-ethyl adjacent to an activating group) is 1. The normalized spacial score (nSPS) is 21.3. The molecule has 0 unspecified atom stereocenters. The second kappa shape index (κ2) is 14.3. The lowest BCUT2D eigenvalue weighted by molar-refractivity contribution is -0.120. The fourth-order valence-electron chi connectivity index (χ4n) is 6.70. The van der Waals surface area contributed by atoms with Gasteiger partial charge in [-0.1, -0.05) is 23.7 Å². The molecule has 2 fully saturated rings. The van der Waals surface area contributed by atoms with Crippen molar-refractivity contribution in [2.45, 2.75) is 69.6 Å². The number of rotatable bonds is 11. The molecule has 0 radical (unpaired) electrons. The van der Waals surface area contributed by atoms with E-state index in [-0.39, 0.29) is 24.3 Å². The van der Waals surface area contributed by atoms with E-state index in [1.54, 1.807) is 31.5 Å². The second-order valence-electron chi connectivity index (χ2n) is 12.7. The third kappa shape index (κ3) is 7.08. The summed E-state index contributed by atoms with van der Waals surface area (Å²) < 4.78 is 12.0. The van der Waals surface area contributed by atoms with Crippen molar-refractivity contribution in [3.05, 3.63) is 70.5 Å². The number of methoxy groups -OCH3 is 1. The van der Waals surface area contributed by atoms with E-state index < -0.39 is 6.04 Å². The average molecular weight is 647 g/mol. The number of anilines is 2. The van der Waals surface area contributed by atoms with Gasteiger partial charge in [0, 0.05) is 31.7 Å². The molecule has 2 aliphatic carbocycles. The van der Waals surface area contributed by atoms with Crippen molar-refractivity contribution in [3.8, 4) is 11.5 Å². The highest BCUT2D eigenvalue weighted by molar-refractivity contribution is 6.30. The molecule has 46 heavy (non-hydrogen) atoms. The van der Waals surface area contributed by atoms with Gasteiger partial charge in [0.1, 0.15) is 5.82 Å². The molecule has 3 aromatic rings. The van der Waals surface area contributed by atoms with Crippen LogP contribution in [0.2, 0.25) is 5.02 Å². The summed E-state index contributed by atoms with van der Waals surface area (Å²) in [6.45, 7) is 1.23. The molecule has 1 aromatic heterocycles. The Balaban J connectivity index is 1.21. The van der Waals surface area contributed by atoms with Crippen LogP contribution in [0.4, 0.5) is 11.6 Å². The van der Waals surface area contributed by atoms with E-state index in [0.29, 0.717) is 40.8 Å². The first kappa shape index (κ1) is 32.1. The number of fused-ring (bicyclic) bond motifs is 1. The third-order valence-corrected chi connectivity index (χ3v) is 9.84. The van der Waals surface area contributed by atoms with E-state index in [1.165, 1.54) is 0 Å². The van der Waals surface area contributed by atoms with Gasteiger partial charge in [-0.2, -0.15) is 0 Å². The van der Waals surface area contributed by atoms with Crippen LogP contribution in [0.5, 0.6) is 11.5 Å². The Labute approximate surface area is 275 Å². The Kier molecular flexibility index (Phi) is 9.94. The number of nitrogens with one attached hydrogen (secondary N) is 2. The summed E-state index contributed by atoms with van der Waals surface area (Å²) in [7, 11) is 5.33. The van der Waals surface area contributed by atoms with Crippen LogP contribution in [-0.4, -0.2) is 68.2 Å². The van der Waals surface area contributed by atoms with Crippen molar-refractivity contribution >= 4 is 35.1 Å². The van der Waals surface area contributed by atoms with Crippen LogP contribution in [0.3, 0.4) is 0 Å². The summed E-state index contributed by atoms with van der Waals surface area (Å²) >= 11 is 6.27. The van der Waals surface area contributed by atoms with Crippen LogP contribution in [0.15, 0.2) is 48.8 Å². The minimum absolute atomic E-state index is 0.0155. The Hall–Kier alpha value is -3.89. The molecule has 0 saturated heterocycles. The summed E-state index contributed by atoms with van der Waals surface area (Å²) in [5.41, 5.74) is 2.80. The second-order valence-corrected chi connectivity index (χ2v) is 13.1. The maximum Gasteiger partial charge on any atom is 0.233 e. The molecule has 0 spiro atoms. The fourth-order valence-corrected chi connectivity index (χ4v) is 6.83. The molecule has 1 atom stereocenters. The van der Waals surface area contributed by atoms with E-state index >= 15 is 0 Å². The molecule has 6 rings (SSSR count). The molecule has 3 aliphatic rings. The molecule has 2 heterocycles. The summed E-state index contributed by atoms with van der Waals surface area (Å²) in [4.78, 5) is 38.9. The average Bonchev–Trinajstić information content (AvgIpc) is 3.05. The number of carbonyl (C=O) groups is 2. The predicted molar refractivity (Wildman–Crippen MR) is 179 cm³/mol. The first-order valence-corrected chi connectivity index (χ1v) is 16.6. The number of carbonyl (C=O) groups excluding carboxylic acids is 2. The van der Waals surface area contributed by atoms with Crippen molar-refractivity contribution in [3.63, 3.8) is 0 Å². The predicted octanol–water partition coefficient (Wildman–Crippen LogP) is 5.08. The molecule has 11 heteroatoms. The van der Waals surface area contributed by atoms with Crippen LogP contribution >= 0.6 is 11.6 Å². The Morgan fingerprint density at radius 2 is 1.80 bits per heavy atom. The van der Waals surface area contributed by atoms with Gasteiger partial charge in [0.25, 0.3) is 0 Å². The number of nitrogens with zero attached hydrogens (tertiary/aromatic N) is 4. The fraction of sp³-hybridized carbons (Fsp3) is 0.486. The van der Waals surface area contributed by atoms with E-state index in [0.717, 1.165) is 74.0 Å². The van der Waals surface area contributed by atoms with Crippen molar-refractivity contribution < 1.29 is 19.1 Å².